The number of benzene rings is 1. The molecule has 1 aliphatic rings. The Bertz CT molecular complexity index is 773. The second-order valence-corrected chi connectivity index (χ2v) is 7.05. The number of furan rings is 1. The maximum Gasteiger partial charge on any atom is 0.305 e. The fraction of sp³-hybridized carbons (Fsp3) is 0.375. The first-order valence-electron chi connectivity index (χ1n) is 7.27. The summed E-state index contributed by atoms with van der Waals surface area (Å²) in [7, 11) is 0. The zero-order valence-electron chi connectivity index (χ0n) is 12.5. The van der Waals surface area contributed by atoms with E-state index in [1.54, 1.807) is 22.7 Å². The summed E-state index contributed by atoms with van der Waals surface area (Å²) in [5.74, 6) is 0.497. The Kier molecular flexibility index (Phi) is 4.55. The van der Waals surface area contributed by atoms with Gasteiger partial charge in [-0.25, -0.2) is 0 Å². The monoisotopic (exact) mass is 353 g/mol. The second-order valence-electron chi connectivity index (χ2n) is 5.50. The Morgan fingerprint density at radius 2 is 2.26 bits per heavy atom. The number of carboxylic acid groups (broad SMARTS) is 1. The number of rotatable bonds is 3. The lowest BCUT2D eigenvalue weighted by Crippen LogP contribution is -2.47. The smallest absolute Gasteiger partial charge is 0.305 e. The number of hydrogen-bond acceptors (Lipinski definition) is 4. The highest BCUT2D eigenvalue weighted by molar-refractivity contribution is 7.99. The molecule has 1 aliphatic heterocycles. The minimum absolute atomic E-state index is 0.0568. The molecule has 1 aromatic heterocycles. The maximum absolute atomic E-state index is 12.9. The number of carbonyl (C=O) groups is 2. The number of nitrogens with zero attached hydrogens (tertiary/aromatic N) is 1. The van der Waals surface area contributed by atoms with Crippen molar-refractivity contribution in [3.8, 4) is 0 Å². The van der Waals surface area contributed by atoms with Gasteiger partial charge in [0.1, 0.15) is 0 Å². The van der Waals surface area contributed by atoms with Crippen molar-refractivity contribution in [2.24, 2.45) is 0 Å². The highest BCUT2D eigenvalue weighted by Gasteiger charge is 2.32. The molecule has 0 aliphatic carbocycles. The molecule has 1 fully saturated rings. The van der Waals surface area contributed by atoms with Gasteiger partial charge in [-0.05, 0) is 13.0 Å². The molecule has 0 spiro atoms. The quantitative estimate of drug-likeness (QED) is 0.915. The number of thioether (sulfide) groups is 1. The number of carbonyl (C=O) groups excluding carboxylic acids is 1. The minimum Gasteiger partial charge on any atom is -0.481 e. The van der Waals surface area contributed by atoms with Crippen LogP contribution in [-0.2, 0) is 4.79 Å². The molecule has 1 aromatic carbocycles. The summed E-state index contributed by atoms with van der Waals surface area (Å²) in [6.07, 6.45) is -0.0568. The van der Waals surface area contributed by atoms with Gasteiger partial charge in [-0.15, -0.1) is 0 Å². The molecule has 1 atom stereocenters. The molecule has 2 heterocycles. The predicted octanol–water partition coefficient (Wildman–Crippen LogP) is 3.43. The molecule has 0 radical (unpaired) electrons. The Labute approximate surface area is 142 Å². The largest absolute Gasteiger partial charge is 0.481 e. The highest BCUT2D eigenvalue weighted by atomic mass is 35.5. The molecule has 1 unspecified atom stereocenters. The van der Waals surface area contributed by atoms with Crippen LogP contribution in [-0.4, -0.2) is 46.0 Å². The van der Waals surface area contributed by atoms with Crippen LogP contribution in [0.5, 0.6) is 0 Å². The van der Waals surface area contributed by atoms with Gasteiger partial charge in [-0.1, -0.05) is 23.7 Å². The van der Waals surface area contributed by atoms with Crippen molar-refractivity contribution in [3.63, 3.8) is 0 Å². The van der Waals surface area contributed by atoms with Crippen molar-refractivity contribution in [1.82, 2.24) is 4.90 Å². The minimum atomic E-state index is -0.903. The number of halogens is 1. The average Bonchev–Trinajstić information content (AvgIpc) is 2.85. The van der Waals surface area contributed by atoms with Gasteiger partial charge in [0, 0.05) is 29.0 Å². The summed E-state index contributed by atoms with van der Waals surface area (Å²) in [6, 6.07) is 5.07. The van der Waals surface area contributed by atoms with Crippen LogP contribution in [0.4, 0.5) is 0 Å². The lowest BCUT2D eigenvalue weighted by Gasteiger charge is -2.34. The molecule has 1 N–H and O–H groups in total. The first-order chi connectivity index (χ1) is 11.0. The summed E-state index contributed by atoms with van der Waals surface area (Å²) in [5, 5.41) is 10.3. The van der Waals surface area contributed by atoms with Gasteiger partial charge in [-0.2, -0.15) is 11.8 Å². The van der Waals surface area contributed by atoms with E-state index < -0.39 is 5.97 Å². The second kappa shape index (κ2) is 6.45. The summed E-state index contributed by atoms with van der Waals surface area (Å²) >= 11 is 7.79. The lowest BCUT2D eigenvalue weighted by molar-refractivity contribution is -0.138. The maximum atomic E-state index is 12.9. The molecule has 0 saturated carbocycles. The molecule has 23 heavy (non-hydrogen) atoms. The predicted molar refractivity (Wildman–Crippen MR) is 90.4 cm³/mol. The average molecular weight is 354 g/mol. The third-order valence-electron chi connectivity index (χ3n) is 4.01. The van der Waals surface area contributed by atoms with E-state index in [-0.39, 0.29) is 24.1 Å². The summed E-state index contributed by atoms with van der Waals surface area (Å²) in [6.45, 7) is 2.34. The van der Waals surface area contributed by atoms with Crippen molar-refractivity contribution < 1.29 is 19.1 Å². The first-order valence-corrected chi connectivity index (χ1v) is 8.80. The number of hydrogen-bond donors (Lipinski definition) is 1. The summed E-state index contributed by atoms with van der Waals surface area (Å²) < 4.78 is 5.72. The van der Waals surface area contributed by atoms with Crippen LogP contribution >= 0.6 is 23.4 Å². The molecule has 3 rings (SSSR count). The summed E-state index contributed by atoms with van der Waals surface area (Å²) in [5.41, 5.74) is 1.23. The third kappa shape index (κ3) is 3.05. The number of amides is 1. The SMILES string of the molecule is Cc1c(C(=O)N2CCSCC2CC(=O)O)oc2c(Cl)cccc12. The normalized spacial score (nSPS) is 18.3. The number of carboxylic acids is 1. The topological polar surface area (TPSA) is 70.8 Å². The van der Waals surface area contributed by atoms with Gasteiger partial charge in [-0.3, -0.25) is 9.59 Å². The van der Waals surface area contributed by atoms with E-state index in [0.717, 1.165) is 16.7 Å². The fourth-order valence-electron chi connectivity index (χ4n) is 2.84. The number of fused-ring (bicyclic) bond motifs is 1. The van der Waals surface area contributed by atoms with E-state index >= 15 is 0 Å². The molecular weight excluding hydrogens is 338 g/mol. The van der Waals surface area contributed by atoms with Gasteiger partial charge in [0.05, 0.1) is 17.5 Å². The van der Waals surface area contributed by atoms with E-state index in [2.05, 4.69) is 0 Å². The van der Waals surface area contributed by atoms with E-state index in [4.69, 9.17) is 21.1 Å². The van der Waals surface area contributed by atoms with Crippen molar-refractivity contribution in [2.45, 2.75) is 19.4 Å². The van der Waals surface area contributed by atoms with Crippen molar-refractivity contribution in [1.29, 1.82) is 0 Å². The van der Waals surface area contributed by atoms with Crippen molar-refractivity contribution in [3.05, 3.63) is 34.5 Å². The first kappa shape index (κ1) is 16.2. The van der Waals surface area contributed by atoms with Gasteiger partial charge < -0.3 is 14.4 Å². The highest BCUT2D eigenvalue weighted by Crippen LogP contribution is 2.32. The van der Waals surface area contributed by atoms with Gasteiger partial charge >= 0.3 is 5.97 Å². The van der Waals surface area contributed by atoms with E-state index in [1.165, 1.54) is 0 Å². The zero-order valence-corrected chi connectivity index (χ0v) is 14.1. The molecule has 7 heteroatoms. The number of para-hydroxylation sites is 1. The van der Waals surface area contributed by atoms with Crippen LogP contribution in [0.15, 0.2) is 22.6 Å². The summed E-state index contributed by atoms with van der Waals surface area (Å²) in [4.78, 5) is 25.5. The van der Waals surface area contributed by atoms with E-state index in [9.17, 15) is 9.59 Å². The Morgan fingerprint density at radius 1 is 1.48 bits per heavy atom. The van der Waals surface area contributed by atoms with Gasteiger partial charge in [0.25, 0.3) is 5.91 Å². The Hall–Kier alpha value is -1.66. The van der Waals surface area contributed by atoms with Gasteiger partial charge in [0.2, 0.25) is 0 Å². The molecule has 122 valence electrons. The van der Waals surface area contributed by atoms with Crippen LogP contribution in [0, 0.1) is 6.92 Å². The van der Waals surface area contributed by atoms with Crippen LogP contribution in [0.25, 0.3) is 11.0 Å². The molecule has 1 amide bonds. The van der Waals surface area contributed by atoms with Crippen molar-refractivity contribution >= 4 is 46.2 Å². The van der Waals surface area contributed by atoms with Crippen LogP contribution in [0.1, 0.15) is 22.5 Å². The molecule has 1 saturated heterocycles. The fourth-order valence-corrected chi connectivity index (χ4v) is 4.11. The Balaban J connectivity index is 1.97. The number of aryl methyl sites for hydroxylation is 1. The van der Waals surface area contributed by atoms with Crippen LogP contribution in [0.2, 0.25) is 5.02 Å². The van der Waals surface area contributed by atoms with Crippen LogP contribution < -0.4 is 0 Å². The van der Waals surface area contributed by atoms with E-state index in [0.29, 0.717) is 22.9 Å². The molecule has 5 nitrogen and oxygen atoms in total. The Morgan fingerprint density at radius 3 is 2.96 bits per heavy atom. The van der Waals surface area contributed by atoms with Gasteiger partial charge in [0.15, 0.2) is 11.3 Å². The molecule has 2 aromatic rings. The van der Waals surface area contributed by atoms with Crippen LogP contribution in [0.3, 0.4) is 0 Å². The number of aliphatic carboxylic acids is 1. The molecular formula is C16H16ClNO4S. The van der Waals surface area contributed by atoms with Crippen molar-refractivity contribution in [2.75, 3.05) is 18.1 Å². The standard InChI is InChI=1S/C16H16ClNO4S/c1-9-11-3-2-4-12(17)15(11)22-14(9)16(21)18-5-6-23-8-10(18)7-13(19)20/h2-4,10H,5-8H2,1H3,(H,19,20). The zero-order chi connectivity index (χ0) is 16.6. The van der Waals surface area contributed by atoms with E-state index in [1.807, 2.05) is 19.1 Å². The molecule has 0 bridgehead atoms. The third-order valence-corrected chi connectivity index (χ3v) is 5.40. The lowest BCUT2D eigenvalue weighted by atomic mass is 10.1.